The maximum absolute atomic E-state index is 13.1. The highest BCUT2D eigenvalue weighted by atomic mass is 35.5. The summed E-state index contributed by atoms with van der Waals surface area (Å²) in [6, 6.07) is 16.8. The van der Waals surface area contributed by atoms with Gasteiger partial charge in [0.25, 0.3) is 17.1 Å². The smallest absolute Gasteiger partial charge is 0.339 e. The fourth-order valence-electron chi connectivity index (χ4n) is 4.61. The Kier molecular flexibility index (Phi) is 12.6. The molecular formula is C35H36ClN3O8S. The molecule has 0 bridgehead atoms. The monoisotopic (exact) mass is 693 g/mol. The third-order valence-corrected chi connectivity index (χ3v) is 8.10. The van der Waals surface area contributed by atoms with E-state index in [0.29, 0.717) is 41.9 Å². The zero-order valence-corrected chi connectivity index (χ0v) is 28.5. The van der Waals surface area contributed by atoms with E-state index < -0.39 is 29.6 Å². The number of benzene rings is 3. The van der Waals surface area contributed by atoms with E-state index in [-0.39, 0.29) is 46.2 Å². The zero-order valence-electron chi connectivity index (χ0n) is 27.0. The first-order valence-electron chi connectivity index (χ1n) is 15.3. The van der Waals surface area contributed by atoms with Crippen LogP contribution in [-0.2, 0) is 19.1 Å². The molecule has 2 N–H and O–H groups in total. The highest BCUT2D eigenvalue weighted by Crippen LogP contribution is 2.35. The number of hydrogen-bond donors (Lipinski definition) is 2. The summed E-state index contributed by atoms with van der Waals surface area (Å²) in [5, 5.41) is 5.01. The van der Waals surface area contributed by atoms with E-state index in [2.05, 4.69) is 10.6 Å². The molecule has 0 saturated carbocycles. The van der Waals surface area contributed by atoms with Gasteiger partial charge in [0.2, 0.25) is 5.91 Å². The van der Waals surface area contributed by atoms with Crippen LogP contribution in [0.3, 0.4) is 0 Å². The predicted molar refractivity (Wildman–Crippen MR) is 186 cm³/mol. The second kappa shape index (κ2) is 16.8. The van der Waals surface area contributed by atoms with E-state index in [1.807, 2.05) is 45.0 Å². The van der Waals surface area contributed by atoms with Crippen LogP contribution in [0.2, 0.25) is 5.02 Å². The largest absolute Gasteiger partial charge is 0.490 e. The maximum atomic E-state index is 13.1. The average Bonchev–Trinajstić information content (AvgIpc) is 3.31. The summed E-state index contributed by atoms with van der Waals surface area (Å²) >= 11 is 6.82. The van der Waals surface area contributed by atoms with Crippen LogP contribution < -0.4 is 20.1 Å². The van der Waals surface area contributed by atoms with Crippen LogP contribution in [0, 0.1) is 0 Å². The second-order valence-electron chi connectivity index (χ2n) is 10.9. The molecule has 13 heteroatoms. The number of imide groups is 1. The van der Waals surface area contributed by atoms with Gasteiger partial charge in [-0.25, -0.2) is 4.79 Å². The number of halogens is 1. The third-order valence-electron chi connectivity index (χ3n) is 6.86. The van der Waals surface area contributed by atoms with Gasteiger partial charge in [-0.05, 0) is 84.6 Å². The lowest BCUT2D eigenvalue weighted by molar-refractivity contribution is -0.127. The third kappa shape index (κ3) is 9.39. The Morgan fingerprint density at radius 1 is 0.938 bits per heavy atom. The van der Waals surface area contributed by atoms with Crippen LogP contribution in [0.25, 0.3) is 6.08 Å². The molecule has 4 rings (SSSR count). The Morgan fingerprint density at radius 2 is 1.71 bits per heavy atom. The Morgan fingerprint density at radius 3 is 2.44 bits per heavy atom. The molecule has 11 nitrogen and oxygen atoms in total. The number of nitrogens with one attached hydrogen (secondary N) is 2. The van der Waals surface area contributed by atoms with Gasteiger partial charge in [0.1, 0.15) is 6.54 Å². The number of anilines is 2. The molecule has 1 saturated heterocycles. The molecule has 252 valence electrons. The van der Waals surface area contributed by atoms with E-state index in [1.54, 1.807) is 25.1 Å². The molecule has 1 aliphatic rings. The van der Waals surface area contributed by atoms with Gasteiger partial charge in [0, 0.05) is 11.4 Å². The van der Waals surface area contributed by atoms with Crippen molar-refractivity contribution in [1.82, 2.24) is 4.90 Å². The Hall–Kier alpha value is -4.81. The van der Waals surface area contributed by atoms with Crippen LogP contribution in [0.4, 0.5) is 16.2 Å². The van der Waals surface area contributed by atoms with Crippen molar-refractivity contribution in [2.45, 2.75) is 40.0 Å². The van der Waals surface area contributed by atoms with E-state index in [9.17, 15) is 24.0 Å². The second-order valence-corrected chi connectivity index (χ2v) is 12.3. The van der Waals surface area contributed by atoms with Gasteiger partial charge in [0.15, 0.2) is 18.1 Å². The molecular weight excluding hydrogens is 658 g/mol. The molecule has 3 aromatic rings. The number of para-hydroxylation sites is 1. The van der Waals surface area contributed by atoms with Gasteiger partial charge in [0.05, 0.1) is 28.7 Å². The van der Waals surface area contributed by atoms with Crippen LogP contribution in [0.15, 0.2) is 65.6 Å². The molecule has 0 aromatic heterocycles. The maximum Gasteiger partial charge on any atom is 0.339 e. The van der Waals surface area contributed by atoms with Crippen molar-refractivity contribution in [3.05, 3.63) is 87.3 Å². The highest BCUT2D eigenvalue weighted by Gasteiger charge is 2.36. The van der Waals surface area contributed by atoms with Gasteiger partial charge in [-0.2, -0.15) is 0 Å². The summed E-state index contributed by atoms with van der Waals surface area (Å²) in [6.07, 6.45) is 2.15. The number of ether oxygens (including phenoxy) is 3. The number of esters is 1. The number of nitrogens with zero attached hydrogens (tertiary/aromatic N) is 1. The predicted octanol–water partition coefficient (Wildman–Crippen LogP) is 7.12. The standard InChI is InChI=1S/C35H36ClN3O8S/c1-5-15-46-34(43)25-18-23(12-13-26(25)36)37-31(40)19-39-33(42)30(48-35(39)44)17-22-11-14-28(29(16-22)45-6-2)47-20-32(41)38-27-10-8-7-9-24(27)21(3)4/h7-14,16-18,21H,5-6,15,19-20H2,1-4H3,(H,37,40)(H,38,41)/b30-17+. The van der Waals surface area contributed by atoms with Gasteiger partial charge >= 0.3 is 5.97 Å². The van der Waals surface area contributed by atoms with E-state index in [4.69, 9.17) is 25.8 Å². The van der Waals surface area contributed by atoms with Gasteiger partial charge in [-0.3, -0.25) is 24.1 Å². The Bertz CT molecular complexity index is 1740. The number of rotatable bonds is 14. The molecule has 4 amide bonds. The number of thioether (sulfide) groups is 1. The summed E-state index contributed by atoms with van der Waals surface area (Å²) in [6.45, 7) is 7.48. The van der Waals surface area contributed by atoms with E-state index >= 15 is 0 Å². The van der Waals surface area contributed by atoms with Gasteiger partial charge in [-0.1, -0.05) is 56.6 Å². The van der Waals surface area contributed by atoms with Crippen molar-refractivity contribution in [3.63, 3.8) is 0 Å². The lowest BCUT2D eigenvalue weighted by atomic mass is 10.0. The van der Waals surface area contributed by atoms with Crippen molar-refractivity contribution in [2.24, 2.45) is 0 Å². The summed E-state index contributed by atoms with van der Waals surface area (Å²) in [5.41, 5.74) is 2.60. The molecule has 48 heavy (non-hydrogen) atoms. The van der Waals surface area contributed by atoms with Crippen LogP contribution in [0.5, 0.6) is 11.5 Å². The fraction of sp³-hybridized carbons (Fsp3) is 0.286. The van der Waals surface area contributed by atoms with Crippen LogP contribution >= 0.6 is 23.4 Å². The number of hydrogen-bond acceptors (Lipinski definition) is 9. The summed E-state index contributed by atoms with van der Waals surface area (Å²) in [7, 11) is 0. The first kappa shape index (κ1) is 36.0. The zero-order chi connectivity index (χ0) is 34.8. The number of carbonyl (C=O) groups excluding carboxylic acids is 5. The molecule has 1 fully saturated rings. The minimum absolute atomic E-state index is 0.0792. The van der Waals surface area contributed by atoms with Crippen molar-refractivity contribution in [1.29, 1.82) is 0 Å². The first-order chi connectivity index (χ1) is 23.0. The Labute approximate surface area is 287 Å². The van der Waals surface area contributed by atoms with Crippen LogP contribution in [-0.4, -0.2) is 60.2 Å². The molecule has 1 aliphatic heterocycles. The molecule has 0 radical (unpaired) electrons. The van der Waals surface area contributed by atoms with Gasteiger partial charge in [-0.15, -0.1) is 0 Å². The number of amides is 4. The Balaban J connectivity index is 1.40. The minimum atomic E-state index is -0.648. The molecule has 1 heterocycles. The van der Waals surface area contributed by atoms with Gasteiger partial charge < -0.3 is 24.8 Å². The van der Waals surface area contributed by atoms with Crippen LogP contribution in [0.1, 0.15) is 61.5 Å². The van der Waals surface area contributed by atoms with E-state index in [0.717, 1.165) is 16.2 Å². The van der Waals surface area contributed by atoms with Crippen molar-refractivity contribution in [3.8, 4) is 11.5 Å². The lowest BCUT2D eigenvalue weighted by Crippen LogP contribution is -2.36. The van der Waals surface area contributed by atoms with Crippen molar-refractivity contribution >= 4 is 69.7 Å². The SMILES string of the molecule is CCCOC(=O)c1cc(NC(=O)CN2C(=O)S/C(=C/c3ccc(OCC(=O)Nc4ccccc4C(C)C)c(OCC)c3)C2=O)ccc1Cl. The first-order valence-corrected chi connectivity index (χ1v) is 16.5. The average molecular weight is 694 g/mol. The lowest BCUT2D eigenvalue weighted by Gasteiger charge is -2.15. The van der Waals surface area contributed by atoms with Crippen molar-refractivity contribution < 1.29 is 38.2 Å². The van der Waals surface area contributed by atoms with E-state index in [1.165, 1.54) is 24.3 Å². The molecule has 0 unspecified atom stereocenters. The molecule has 0 aliphatic carbocycles. The summed E-state index contributed by atoms with van der Waals surface area (Å²) in [4.78, 5) is 64.5. The molecule has 0 atom stereocenters. The quantitative estimate of drug-likeness (QED) is 0.133. The highest BCUT2D eigenvalue weighted by molar-refractivity contribution is 8.18. The topological polar surface area (TPSA) is 140 Å². The summed E-state index contributed by atoms with van der Waals surface area (Å²) < 4.78 is 16.6. The molecule has 0 spiro atoms. The fourth-order valence-corrected chi connectivity index (χ4v) is 5.64. The van der Waals surface area contributed by atoms with Crippen molar-refractivity contribution in [2.75, 3.05) is 37.0 Å². The minimum Gasteiger partial charge on any atom is -0.490 e. The summed E-state index contributed by atoms with van der Waals surface area (Å²) in [5.74, 6) is -1.35. The molecule has 3 aromatic carbocycles. The normalized spacial score (nSPS) is 13.5. The number of carbonyl (C=O) groups is 5.